The van der Waals surface area contributed by atoms with E-state index in [2.05, 4.69) is 275 Å². The Morgan fingerprint density at radius 1 is 0.262 bits per heavy atom. The van der Waals surface area contributed by atoms with Crippen LogP contribution in [0.25, 0.3) is 109 Å². The van der Waals surface area contributed by atoms with E-state index in [0.29, 0.717) is 0 Å². The van der Waals surface area contributed by atoms with Crippen LogP contribution in [-0.2, 0) is 21.7 Å². The third-order valence-electron chi connectivity index (χ3n) is 17.4. The molecule has 414 valence electrons. The zero-order chi connectivity index (χ0) is 57.9. The molecule has 0 N–H and O–H groups in total. The number of hydrogen-bond acceptors (Lipinski definition) is 6. The second-order valence-corrected chi connectivity index (χ2v) is 27.3. The first kappa shape index (κ1) is 51.6. The van der Waals surface area contributed by atoms with Gasteiger partial charge in [0.05, 0.1) is 11.4 Å². The summed E-state index contributed by atoms with van der Waals surface area (Å²) >= 11 is 0. The molecule has 0 amide bonds. The number of furan rings is 4. The molecule has 0 aliphatic carbocycles. The summed E-state index contributed by atoms with van der Waals surface area (Å²) in [5.41, 5.74) is 17.0. The van der Waals surface area contributed by atoms with Gasteiger partial charge in [0.25, 0.3) is 0 Å². The number of rotatable bonds is 6. The van der Waals surface area contributed by atoms with Crippen LogP contribution in [0.3, 0.4) is 0 Å². The third-order valence-corrected chi connectivity index (χ3v) is 17.4. The van der Waals surface area contributed by atoms with Gasteiger partial charge in [-0.2, -0.15) is 0 Å². The second-order valence-electron chi connectivity index (χ2n) is 27.3. The van der Waals surface area contributed by atoms with Gasteiger partial charge in [0, 0.05) is 77.0 Å². The van der Waals surface area contributed by atoms with Crippen LogP contribution in [0.2, 0.25) is 0 Å². The van der Waals surface area contributed by atoms with Gasteiger partial charge in [-0.25, -0.2) is 0 Å². The molecule has 0 saturated heterocycles. The van der Waals surface area contributed by atoms with Crippen LogP contribution in [0.15, 0.2) is 212 Å². The van der Waals surface area contributed by atoms with Crippen LogP contribution >= 0.6 is 0 Å². The fourth-order valence-electron chi connectivity index (χ4n) is 13.7. The van der Waals surface area contributed by atoms with E-state index in [9.17, 15) is 0 Å². The predicted octanol–water partition coefficient (Wildman–Crippen LogP) is 23.7. The first-order valence-corrected chi connectivity index (χ1v) is 29.6. The monoisotopic (exact) mass is 1100 g/mol. The van der Waals surface area contributed by atoms with Crippen molar-refractivity contribution in [1.82, 2.24) is 0 Å². The summed E-state index contributed by atoms with van der Waals surface area (Å²) in [7, 11) is 0. The molecule has 6 heteroatoms. The van der Waals surface area contributed by atoms with Crippen molar-refractivity contribution in [2.75, 3.05) is 9.80 Å². The molecule has 0 spiro atoms. The van der Waals surface area contributed by atoms with Gasteiger partial charge in [0.2, 0.25) is 0 Å². The minimum atomic E-state index is -0.333. The standard InChI is InChI=1S/C78H68N2O4/c1-75(2,3)57-27-15-17-29-59(57)79(61-31-21-25-53-51-23-13-19-33-63(51)81-71(53)61)49-37-35-45-41-55-65(43-47(45)39-49)83-73-67(55)69(77(7,8)9)74-68(70(73)78(10,11)12)56-42-46-36-38-50(40-48(46)44-66(56)84-74)80(60-30-18-16-28-58(60)76(4,5)6)62-32-22-26-54-52-24-14-20-34-64(52)82-72(54)62/h13-44H,1-12H3. The Kier molecular flexibility index (Phi) is 11.1. The molecule has 11 aromatic carbocycles. The van der Waals surface area contributed by atoms with Crippen LogP contribution in [0.5, 0.6) is 0 Å². The van der Waals surface area contributed by atoms with Crippen molar-refractivity contribution in [3.05, 3.63) is 216 Å². The highest BCUT2D eigenvalue weighted by Crippen LogP contribution is 2.53. The molecule has 0 aliphatic heterocycles. The van der Waals surface area contributed by atoms with Gasteiger partial charge in [-0.1, -0.05) is 192 Å². The Labute approximate surface area is 489 Å². The molecule has 15 rings (SSSR count). The molecular formula is C78H68N2O4. The summed E-state index contributed by atoms with van der Waals surface area (Å²) < 4.78 is 28.4. The van der Waals surface area contributed by atoms with Crippen LogP contribution < -0.4 is 9.80 Å². The number of fused-ring (bicyclic) bond motifs is 14. The molecule has 4 aromatic heterocycles. The van der Waals surface area contributed by atoms with E-state index in [4.69, 9.17) is 17.7 Å². The van der Waals surface area contributed by atoms with Crippen molar-refractivity contribution in [2.24, 2.45) is 0 Å². The molecule has 0 saturated carbocycles. The van der Waals surface area contributed by atoms with Crippen LogP contribution in [0.1, 0.15) is 105 Å². The molecule has 6 nitrogen and oxygen atoms in total. The summed E-state index contributed by atoms with van der Waals surface area (Å²) in [5.74, 6) is 0. The molecule has 0 radical (unpaired) electrons. The molecule has 4 heterocycles. The summed E-state index contributed by atoms with van der Waals surface area (Å²) in [6.45, 7) is 27.5. The van der Waals surface area contributed by atoms with Gasteiger partial charge < -0.3 is 27.5 Å². The Morgan fingerprint density at radius 2 is 0.619 bits per heavy atom. The van der Waals surface area contributed by atoms with Crippen LogP contribution in [-0.4, -0.2) is 0 Å². The van der Waals surface area contributed by atoms with E-state index in [0.717, 1.165) is 155 Å². The van der Waals surface area contributed by atoms with Gasteiger partial charge in [0.15, 0.2) is 11.2 Å². The van der Waals surface area contributed by atoms with E-state index in [1.807, 2.05) is 12.1 Å². The van der Waals surface area contributed by atoms with E-state index >= 15 is 0 Å². The smallest absolute Gasteiger partial charge is 0.159 e. The van der Waals surface area contributed by atoms with Crippen molar-refractivity contribution >= 4 is 143 Å². The first-order chi connectivity index (χ1) is 40.2. The largest absolute Gasteiger partial charge is 0.456 e. The van der Waals surface area contributed by atoms with E-state index in [-0.39, 0.29) is 21.7 Å². The fraction of sp³-hybridized carbons (Fsp3) is 0.205. The Hall–Kier alpha value is -9.26. The molecule has 0 atom stereocenters. The maximum atomic E-state index is 7.42. The lowest BCUT2D eigenvalue weighted by Gasteiger charge is -2.32. The van der Waals surface area contributed by atoms with E-state index in [1.54, 1.807) is 0 Å². The van der Waals surface area contributed by atoms with Crippen molar-refractivity contribution in [2.45, 2.75) is 105 Å². The van der Waals surface area contributed by atoms with Gasteiger partial charge in [-0.05, 0) is 139 Å². The zero-order valence-electron chi connectivity index (χ0n) is 50.0. The van der Waals surface area contributed by atoms with Gasteiger partial charge in [-0.15, -0.1) is 0 Å². The maximum absolute atomic E-state index is 7.42. The minimum absolute atomic E-state index is 0.140. The molecule has 15 aromatic rings. The van der Waals surface area contributed by atoms with Crippen molar-refractivity contribution in [3.63, 3.8) is 0 Å². The molecular weight excluding hydrogens is 1030 g/mol. The normalized spacial score (nSPS) is 13.0. The molecule has 0 fully saturated rings. The summed E-state index contributed by atoms with van der Waals surface area (Å²) in [6.07, 6.45) is 0. The lowest BCUT2D eigenvalue weighted by atomic mass is 9.77. The predicted molar refractivity (Wildman–Crippen MR) is 355 cm³/mol. The summed E-state index contributed by atoms with van der Waals surface area (Å²) in [5, 5.41) is 13.2. The first-order valence-electron chi connectivity index (χ1n) is 29.6. The van der Waals surface area contributed by atoms with E-state index < -0.39 is 0 Å². The molecule has 0 unspecified atom stereocenters. The average molecular weight is 1100 g/mol. The summed E-state index contributed by atoms with van der Waals surface area (Å²) in [4.78, 5) is 4.77. The molecule has 84 heavy (non-hydrogen) atoms. The topological polar surface area (TPSA) is 59.0 Å². The van der Waals surface area contributed by atoms with Gasteiger partial charge in [-0.3, -0.25) is 0 Å². The van der Waals surface area contributed by atoms with Crippen molar-refractivity contribution in [1.29, 1.82) is 0 Å². The number of hydrogen-bond donors (Lipinski definition) is 0. The highest BCUT2D eigenvalue weighted by atomic mass is 16.3. The second kappa shape index (κ2) is 18.1. The average Bonchev–Trinajstić information content (AvgIpc) is 1.73. The Bertz CT molecular complexity index is 4880. The number of para-hydroxylation sites is 6. The lowest BCUT2D eigenvalue weighted by molar-refractivity contribution is 0.564. The fourth-order valence-corrected chi connectivity index (χ4v) is 13.7. The summed E-state index contributed by atoms with van der Waals surface area (Å²) in [6, 6.07) is 70.1. The lowest BCUT2D eigenvalue weighted by Crippen LogP contribution is -2.19. The number of benzene rings is 11. The van der Waals surface area contributed by atoms with Gasteiger partial charge >= 0.3 is 0 Å². The molecule has 0 bridgehead atoms. The van der Waals surface area contributed by atoms with Crippen molar-refractivity contribution < 1.29 is 17.7 Å². The Balaban J connectivity index is 0.933. The van der Waals surface area contributed by atoms with Gasteiger partial charge in [0.1, 0.15) is 33.5 Å². The third kappa shape index (κ3) is 7.97. The SMILES string of the molecule is CC(C)(C)c1ccccc1N(c1ccc2cc3c(cc2c1)oc1c(C(C)(C)C)c2c(oc4cc5cc(N(c6ccccc6C(C)(C)C)c6cccc7c6oc6ccccc67)ccc5cc42)c(C(C)(C)C)c13)c1cccc2c1oc1ccccc12. The Morgan fingerprint density at radius 3 is 1.02 bits per heavy atom. The van der Waals surface area contributed by atoms with Crippen LogP contribution in [0.4, 0.5) is 34.1 Å². The van der Waals surface area contributed by atoms with Crippen LogP contribution in [0, 0.1) is 0 Å². The molecule has 0 aliphatic rings. The highest BCUT2D eigenvalue weighted by Gasteiger charge is 2.35. The zero-order valence-corrected chi connectivity index (χ0v) is 50.0. The quantitative estimate of drug-likeness (QED) is 0.165. The minimum Gasteiger partial charge on any atom is -0.456 e. The van der Waals surface area contributed by atoms with Crippen molar-refractivity contribution in [3.8, 4) is 0 Å². The maximum Gasteiger partial charge on any atom is 0.159 e. The number of nitrogens with zero attached hydrogens (tertiary/aromatic N) is 2. The highest BCUT2D eigenvalue weighted by molar-refractivity contribution is 6.23. The van der Waals surface area contributed by atoms with E-state index in [1.165, 1.54) is 11.1 Å². The number of anilines is 6.